The monoisotopic (exact) mass is 252 g/mol. The summed E-state index contributed by atoms with van der Waals surface area (Å²) in [4.78, 5) is 2.34. The molecule has 98 valence electrons. The molecule has 4 heteroatoms. The van der Waals surface area contributed by atoms with Gasteiger partial charge in [0.1, 0.15) is 11.6 Å². The van der Waals surface area contributed by atoms with Gasteiger partial charge in [-0.3, -0.25) is 4.90 Å². The zero-order valence-corrected chi connectivity index (χ0v) is 10.3. The number of fused-ring (bicyclic) bond motifs is 2. The minimum atomic E-state index is -0.521. The van der Waals surface area contributed by atoms with Gasteiger partial charge >= 0.3 is 0 Å². The zero-order chi connectivity index (χ0) is 12.7. The molecule has 0 amide bonds. The lowest BCUT2D eigenvalue weighted by Gasteiger charge is -2.34. The van der Waals surface area contributed by atoms with Gasteiger partial charge in [-0.2, -0.15) is 0 Å². The van der Waals surface area contributed by atoms with Crippen molar-refractivity contribution in [3.05, 3.63) is 35.4 Å². The average Bonchev–Trinajstić information content (AvgIpc) is 2.90. The van der Waals surface area contributed by atoms with E-state index in [-0.39, 0.29) is 6.04 Å². The molecule has 0 radical (unpaired) electrons. The van der Waals surface area contributed by atoms with Gasteiger partial charge in [-0.15, -0.1) is 0 Å². The van der Waals surface area contributed by atoms with Crippen LogP contribution in [0.2, 0.25) is 0 Å². The van der Waals surface area contributed by atoms with E-state index < -0.39 is 11.6 Å². The summed E-state index contributed by atoms with van der Waals surface area (Å²) in [7, 11) is 0. The van der Waals surface area contributed by atoms with Crippen LogP contribution >= 0.6 is 0 Å². The minimum absolute atomic E-state index is 0.0505. The first-order chi connectivity index (χ1) is 8.67. The van der Waals surface area contributed by atoms with Gasteiger partial charge in [-0.25, -0.2) is 8.78 Å². The highest BCUT2D eigenvalue weighted by Crippen LogP contribution is 2.41. The Labute approximate surface area is 106 Å². The van der Waals surface area contributed by atoms with Crippen LogP contribution in [0.5, 0.6) is 0 Å². The normalized spacial score (nSPS) is 28.8. The lowest BCUT2D eigenvalue weighted by molar-refractivity contribution is 0.152. The Morgan fingerprint density at radius 2 is 1.94 bits per heavy atom. The molecule has 1 heterocycles. The summed E-state index contributed by atoms with van der Waals surface area (Å²) in [6.45, 7) is 1.43. The van der Waals surface area contributed by atoms with Crippen LogP contribution in [0.4, 0.5) is 8.78 Å². The fourth-order valence-electron chi connectivity index (χ4n) is 3.58. The highest BCUT2D eigenvalue weighted by Gasteiger charge is 2.41. The maximum Gasteiger partial charge on any atom is 0.126 e. The maximum absolute atomic E-state index is 13.3. The van der Waals surface area contributed by atoms with Gasteiger partial charge in [-0.05, 0) is 42.9 Å². The number of piperidine rings is 1. The topological polar surface area (TPSA) is 29.3 Å². The van der Waals surface area contributed by atoms with Crippen molar-refractivity contribution in [3.8, 4) is 0 Å². The summed E-state index contributed by atoms with van der Waals surface area (Å²) in [6, 6.07) is 4.23. The lowest BCUT2D eigenvalue weighted by Crippen LogP contribution is -2.39. The molecular weight excluding hydrogens is 234 g/mol. The van der Waals surface area contributed by atoms with Crippen molar-refractivity contribution in [2.45, 2.75) is 31.3 Å². The smallest absolute Gasteiger partial charge is 0.126 e. The van der Waals surface area contributed by atoms with Crippen molar-refractivity contribution in [2.24, 2.45) is 11.7 Å². The minimum Gasteiger partial charge on any atom is -0.329 e. The van der Waals surface area contributed by atoms with Crippen LogP contribution in [-0.4, -0.2) is 24.0 Å². The number of likely N-dealkylation sites (tertiary alicyclic amines) is 1. The second-order valence-electron chi connectivity index (χ2n) is 5.48. The van der Waals surface area contributed by atoms with Crippen molar-refractivity contribution >= 4 is 0 Å². The number of nitrogens with zero attached hydrogens (tertiary/aromatic N) is 1. The third kappa shape index (κ3) is 2.04. The molecule has 1 aromatic rings. The third-order valence-corrected chi connectivity index (χ3v) is 4.34. The molecule has 1 saturated carbocycles. The standard InChI is InChI=1S/C14H18F2N2/c15-11-4-10(5-12(16)6-11)14(7-17)18-8-9-1-2-13(18)3-9/h4-6,9,13-14H,1-3,7-8,17H2. The summed E-state index contributed by atoms with van der Waals surface area (Å²) in [6.07, 6.45) is 3.70. The number of hydrogen-bond acceptors (Lipinski definition) is 2. The third-order valence-electron chi connectivity index (χ3n) is 4.34. The van der Waals surface area contributed by atoms with E-state index in [0.29, 0.717) is 18.2 Å². The van der Waals surface area contributed by atoms with Crippen LogP contribution < -0.4 is 5.73 Å². The van der Waals surface area contributed by atoms with Crippen molar-refractivity contribution < 1.29 is 8.78 Å². The number of halogens is 2. The first-order valence-electron chi connectivity index (χ1n) is 6.59. The molecule has 1 aromatic carbocycles. The highest BCUT2D eigenvalue weighted by atomic mass is 19.1. The second kappa shape index (κ2) is 4.59. The van der Waals surface area contributed by atoms with E-state index in [4.69, 9.17) is 5.73 Å². The molecule has 0 aromatic heterocycles. The van der Waals surface area contributed by atoms with E-state index >= 15 is 0 Å². The number of rotatable bonds is 3. The Kier molecular flexibility index (Phi) is 3.08. The van der Waals surface area contributed by atoms with E-state index in [1.165, 1.54) is 31.4 Å². The van der Waals surface area contributed by atoms with Gasteiger partial charge < -0.3 is 5.73 Å². The molecule has 2 bridgehead atoms. The van der Waals surface area contributed by atoms with E-state index in [9.17, 15) is 8.78 Å². The highest BCUT2D eigenvalue weighted by molar-refractivity contribution is 5.23. The predicted molar refractivity (Wildman–Crippen MR) is 66.0 cm³/mol. The molecule has 2 aliphatic rings. The van der Waals surface area contributed by atoms with Gasteiger partial charge in [0.15, 0.2) is 0 Å². The number of nitrogens with two attached hydrogens (primary N) is 1. The van der Waals surface area contributed by atoms with Crippen LogP contribution in [0.25, 0.3) is 0 Å². The van der Waals surface area contributed by atoms with Crippen LogP contribution in [0.3, 0.4) is 0 Å². The van der Waals surface area contributed by atoms with Gasteiger partial charge in [-0.1, -0.05) is 0 Å². The SMILES string of the molecule is NCC(c1cc(F)cc(F)c1)N1CC2CCC1C2. The molecule has 0 spiro atoms. The van der Waals surface area contributed by atoms with Crippen molar-refractivity contribution in [1.82, 2.24) is 4.90 Å². The molecule has 1 aliphatic carbocycles. The first kappa shape index (κ1) is 12.1. The number of hydrogen-bond donors (Lipinski definition) is 1. The quantitative estimate of drug-likeness (QED) is 0.895. The van der Waals surface area contributed by atoms with Crippen molar-refractivity contribution in [1.29, 1.82) is 0 Å². The van der Waals surface area contributed by atoms with Gasteiger partial charge in [0.25, 0.3) is 0 Å². The van der Waals surface area contributed by atoms with Crippen LogP contribution in [0.1, 0.15) is 30.9 Å². The second-order valence-corrected chi connectivity index (χ2v) is 5.48. The van der Waals surface area contributed by atoms with Gasteiger partial charge in [0, 0.05) is 31.2 Å². The fourth-order valence-corrected chi connectivity index (χ4v) is 3.58. The summed E-state index contributed by atoms with van der Waals surface area (Å²) in [5, 5.41) is 0. The predicted octanol–water partition coefficient (Wildman–Crippen LogP) is 2.45. The van der Waals surface area contributed by atoms with Crippen molar-refractivity contribution in [3.63, 3.8) is 0 Å². The summed E-state index contributed by atoms with van der Waals surface area (Å²) >= 11 is 0. The molecule has 2 N–H and O–H groups in total. The lowest BCUT2D eigenvalue weighted by atomic mass is 10.0. The largest absolute Gasteiger partial charge is 0.329 e. The molecule has 3 rings (SSSR count). The Morgan fingerprint density at radius 3 is 2.44 bits per heavy atom. The van der Waals surface area contributed by atoms with E-state index in [0.717, 1.165) is 18.5 Å². The summed E-state index contributed by atoms with van der Waals surface area (Å²) in [5.41, 5.74) is 6.50. The molecule has 2 nitrogen and oxygen atoms in total. The zero-order valence-electron chi connectivity index (χ0n) is 10.3. The molecule has 2 fully saturated rings. The summed E-state index contributed by atoms with van der Waals surface area (Å²) in [5.74, 6) is -0.289. The Balaban J connectivity index is 1.87. The number of benzene rings is 1. The van der Waals surface area contributed by atoms with Crippen molar-refractivity contribution in [2.75, 3.05) is 13.1 Å². The van der Waals surface area contributed by atoms with Crippen LogP contribution in [0, 0.1) is 17.6 Å². The average molecular weight is 252 g/mol. The van der Waals surface area contributed by atoms with Crippen LogP contribution in [-0.2, 0) is 0 Å². The van der Waals surface area contributed by atoms with Crippen LogP contribution in [0.15, 0.2) is 18.2 Å². The Morgan fingerprint density at radius 1 is 1.22 bits per heavy atom. The molecular formula is C14H18F2N2. The molecule has 3 unspecified atom stereocenters. The van der Waals surface area contributed by atoms with Gasteiger partial charge in [0.05, 0.1) is 0 Å². The molecule has 1 aliphatic heterocycles. The van der Waals surface area contributed by atoms with Gasteiger partial charge in [0.2, 0.25) is 0 Å². The summed E-state index contributed by atoms with van der Waals surface area (Å²) < 4.78 is 26.6. The van der Waals surface area contributed by atoms with E-state index in [1.54, 1.807) is 0 Å². The fraction of sp³-hybridized carbons (Fsp3) is 0.571. The first-order valence-corrected chi connectivity index (χ1v) is 6.59. The maximum atomic E-state index is 13.3. The van der Waals surface area contributed by atoms with E-state index in [2.05, 4.69) is 4.90 Å². The molecule has 18 heavy (non-hydrogen) atoms. The van der Waals surface area contributed by atoms with E-state index in [1.807, 2.05) is 0 Å². The Bertz CT molecular complexity index is 429. The molecule has 1 saturated heterocycles. The molecule has 3 atom stereocenters. The Hall–Kier alpha value is -1.00.